The summed E-state index contributed by atoms with van der Waals surface area (Å²) in [5.74, 6) is -1.39. The zero-order valence-corrected chi connectivity index (χ0v) is 10.1. The molecule has 17 heavy (non-hydrogen) atoms. The van der Waals surface area contributed by atoms with Gasteiger partial charge >= 0.3 is 5.97 Å². The van der Waals surface area contributed by atoms with Gasteiger partial charge < -0.3 is 10.8 Å². The molecule has 0 saturated carbocycles. The number of sulfonamides is 1. The first kappa shape index (κ1) is 13.3. The van der Waals surface area contributed by atoms with Gasteiger partial charge in [0.15, 0.2) is 0 Å². The summed E-state index contributed by atoms with van der Waals surface area (Å²) in [6.07, 6.45) is 0. The number of carboxylic acid groups (broad SMARTS) is 1. The average Bonchev–Trinajstić information content (AvgIpc) is 2.25. The van der Waals surface area contributed by atoms with Crippen molar-refractivity contribution in [2.45, 2.75) is 6.92 Å². The molecule has 3 N–H and O–H groups in total. The number of nitrogens with two attached hydrogens (primary N) is 1. The number of hydrogen-bond acceptors (Lipinski definition) is 4. The molecule has 6 nitrogen and oxygen atoms in total. The Morgan fingerprint density at radius 3 is 2.59 bits per heavy atom. The summed E-state index contributed by atoms with van der Waals surface area (Å²) in [7, 11) is -3.63. The van der Waals surface area contributed by atoms with Gasteiger partial charge in [0.2, 0.25) is 10.0 Å². The number of benzene rings is 1. The number of nitrogen functional groups attached to an aromatic ring is 1. The molecule has 0 amide bonds. The lowest BCUT2D eigenvalue weighted by molar-refractivity contribution is -0.135. The van der Waals surface area contributed by atoms with Crippen molar-refractivity contribution in [1.82, 2.24) is 0 Å². The lowest BCUT2D eigenvalue weighted by Gasteiger charge is -2.22. The standard InChI is InChI=1S/C10H14N2O4S/c1-2-17(15,16)12(7-10(13)14)9-5-3-4-8(11)6-9/h3-6H,2,7,11H2,1H3,(H,13,14). The zero-order valence-electron chi connectivity index (χ0n) is 9.33. The van der Waals surface area contributed by atoms with Gasteiger partial charge in [-0.1, -0.05) is 6.07 Å². The molecule has 0 aliphatic carbocycles. The van der Waals surface area contributed by atoms with Gasteiger partial charge in [-0.15, -0.1) is 0 Å². The summed E-state index contributed by atoms with van der Waals surface area (Å²) in [6.45, 7) is 0.843. The minimum absolute atomic E-state index is 0.172. The third-order valence-electron chi connectivity index (χ3n) is 2.14. The molecule has 0 fully saturated rings. The predicted molar refractivity (Wildman–Crippen MR) is 65.3 cm³/mol. The first-order chi connectivity index (χ1) is 7.86. The van der Waals surface area contributed by atoms with E-state index in [0.29, 0.717) is 5.69 Å². The van der Waals surface area contributed by atoms with Crippen LogP contribution in [0.25, 0.3) is 0 Å². The first-order valence-corrected chi connectivity index (χ1v) is 6.55. The average molecular weight is 258 g/mol. The van der Waals surface area contributed by atoms with E-state index in [4.69, 9.17) is 10.8 Å². The molecule has 7 heteroatoms. The van der Waals surface area contributed by atoms with E-state index in [1.165, 1.54) is 19.1 Å². The van der Waals surface area contributed by atoms with Crippen LogP contribution in [0.5, 0.6) is 0 Å². The Morgan fingerprint density at radius 1 is 1.47 bits per heavy atom. The number of carboxylic acids is 1. The van der Waals surface area contributed by atoms with E-state index in [-0.39, 0.29) is 11.4 Å². The van der Waals surface area contributed by atoms with Gasteiger partial charge in [0.05, 0.1) is 11.4 Å². The summed E-state index contributed by atoms with van der Waals surface area (Å²) in [5, 5.41) is 8.74. The van der Waals surface area contributed by atoms with Crippen LogP contribution in [0, 0.1) is 0 Å². The molecule has 1 aromatic carbocycles. The summed E-state index contributed by atoms with van der Waals surface area (Å²) < 4.78 is 24.4. The summed E-state index contributed by atoms with van der Waals surface area (Å²) in [5.41, 5.74) is 6.18. The van der Waals surface area contributed by atoms with Gasteiger partial charge in [0.25, 0.3) is 0 Å². The highest BCUT2D eigenvalue weighted by atomic mass is 32.2. The molecular weight excluding hydrogens is 244 g/mol. The topological polar surface area (TPSA) is 101 Å². The predicted octanol–water partition coefficient (Wildman–Crippen LogP) is 0.509. The van der Waals surface area contributed by atoms with Crippen molar-refractivity contribution in [2.24, 2.45) is 0 Å². The van der Waals surface area contributed by atoms with Crippen LogP contribution >= 0.6 is 0 Å². The Balaban J connectivity index is 3.20. The summed E-state index contributed by atoms with van der Waals surface area (Å²) in [4.78, 5) is 10.7. The first-order valence-electron chi connectivity index (χ1n) is 4.94. The van der Waals surface area contributed by atoms with E-state index < -0.39 is 22.5 Å². The molecule has 1 rings (SSSR count). The largest absolute Gasteiger partial charge is 0.480 e. The molecule has 0 radical (unpaired) electrons. The maximum absolute atomic E-state index is 11.8. The van der Waals surface area contributed by atoms with Crippen LogP contribution in [0.4, 0.5) is 11.4 Å². The minimum Gasteiger partial charge on any atom is -0.480 e. The van der Waals surface area contributed by atoms with Gasteiger partial charge in [0, 0.05) is 5.69 Å². The quantitative estimate of drug-likeness (QED) is 0.749. The second-order valence-corrected chi connectivity index (χ2v) is 5.58. The molecule has 0 aliphatic heterocycles. The molecule has 0 heterocycles. The Bertz CT molecular complexity index is 513. The third kappa shape index (κ3) is 3.35. The maximum Gasteiger partial charge on any atom is 0.324 e. The fourth-order valence-electron chi connectivity index (χ4n) is 1.31. The number of aliphatic carboxylic acids is 1. The lowest BCUT2D eigenvalue weighted by Crippen LogP contribution is -2.36. The van der Waals surface area contributed by atoms with Gasteiger partial charge in [0.1, 0.15) is 6.54 Å². The number of anilines is 2. The van der Waals surface area contributed by atoms with Crippen molar-refractivity contribution >= 4 is 27.4 Å². The highest BCUT2D eigenvalue weighted by Gasteiger charge is 2.23. The molecule has 0 saturated heterocycles. The lowest BCUT2D eigenvalue weighted by atomic mass is 10.3. The van der Waals surface area contributed by atoms with E-state index in [2.05, 4.69) is 0 Å². The number of carbonyl (C=O) groups is 1. The van der Waals surface area contributed by atoms with Crippen LogP contribution in [-0.4, -0.2) is 31.8 Å². The van der Waals surface area contributed by atoms with Crippen LogP contribution in [0.2, 0.25) is 0 Å². The van der Waals surface area contributed by atoms with Crippen LogP contribution in [0.1, 0.15) is 6.92 Å². The van der Waals surface area contributed by atoms with Crippen molar-refractivity contribution in [1.29, 1.82) is 0 Å². The second-order valence-electron chi connectivity index (χ2n) is 3.40. The highest BCUT2D eigenvalue weighted by Crippen LogP contribution is 2.20. The number of hydrogen-bond donors (Lipinski definition) is 2. The fourth-order valence-corrected chi connectivity index (χ4v) is 2.36. The van der Waals surface area contributed by atoms with E-state index in [1.54, 1.807) is 12.1 Å². The van der Waals surface area contributed by atoms with Crippen molar-refractivity contribution in [3.63, 3.8) is 0 Å². The van der Waals surface area contributed by atoms with Crippen LogP contribution in [0.3, 0.4) is 0 Å². The van der Waals surface area contributed by atoms with E-state index in [1.807, 2.05) is 0 Å². The molecule has 94 valence electrons. The molecule has 1 aromatic rings. The normalized spacial score (nSPS) is 11.1. The van der Waals surface area contributed by atoms with Gasteiger partial charge in [-0.05, 0) is 25.1 Å². The summed E-state index contributed by atoms with van der Waals surface area (Å²) >= 11 is 0. The molecule has 0 spiro atoms. The smallest absolute Gasteiger partial charge is 0.324 e. The van der Waals surface area contributed by atoms with Gasteiger partial charge in [-0.2, -0.15) is 0 Å². The van der Waals surface area contributed by atoms with Crippen molar-refractivity contribution < 1.29 is 18.3 Å². The maximum atomic E-state index is 11.8. The second kappa shape index (κ2) is 5.05. The molecular formula is C10H14N2O4S. The van der Waals surface area contributed by atoms with Crippen molar-refractivity contribution in [2.75, 3.05) is 22.3 Å². The highest BCUT2D eigenvalue weighted by molar-refractivity contribution is 7.92. The molecule has 0 unspecified atom stereocenters. The van der Waals surface area contributed by atoms with Crippen LogP contribution in [0.15, 0.2) is 24.3 Å². The third-order valence-corrected chi connectivity index (χ3v) is 3.88. The molecule has 0 bridgehead atoms. The van der Waals surface area contributed by atoms with Crippen LogP contribution in [-0.2, 0) is 14.8 Å². The van der Waals surface area contributed by atoms with Gasteiger partial charge in [-0.3, -0.25) is 9.10 Å². The fraction of sp³-hybridized carbons (Fsp3) is 0.300. The number of nitrogens with zero attached hydrogens (tertiary/aromatic N) is 1. The summed E-state index contributed by atoms with van der Waals surface area (Å²) in [6, 6.07) is 6.11. The Hall–Kier alpha value is -1.76. The van der Waals surface area contributed by atoms with Gasteiger partial charge in [-0.25, -0.2) is 8.42 Å². The molecule has 0 aromatic heterocycles. The number of rotatable bonds is 5. The monoisotopic (exact) mass is 258 g/mol. The van der Waals surface area contributed by atoms with E-state index >= 15 is 0 Å². The Morgan fingerprint density at radius 2 is 2.12 bits per heavy atom. The minimum atomic E-state index is -3.63. The van der Waals surface area contributed by atoms with Crippen molar-refractivity contribution in [3.8, 4) is 0 Å². The zero-order chi connectivity index (χ0) is 13.1. The van der Waals surface area contributed by atoms with Crippen molar-refractivity contribution in [3.05, 3.63) is 24.3 Å². The molecule has 0 aliphatic rings. The molecule has 0 atom stereocenters. The Labute approximate surface area is 99.7 Å². The van der Waals surface area contributed by atoms with E-state index in [0.717, 1.165) is 4.31 Å². The Kier molecular flexibility index (Phi) is 3.95. The van der Waals surface area contributed by atoms with Crippen LogP contribution < -0.4 is 10.0 Å². The SMILES string of the molecule is CCS(=O)(=O)N(CC(=O)O)c1cccc(N)c1. The van der Waals surface area contributed by atoms with E-state index in [9.17, 15) is 13.2 Å².